The molecule has 0 atom stereocenters. The first-order valence-corrected chi connectivity index (χ1v) is 8.79. The van der Waals surface area contributed by atoms with Gasteiger partial charge in [0, 0.05) is 35.8 Å². The fourth-order valence-corrected chi connectivity index (χ4v) is 2.79. The molecule has 0 radical (unpaired) electrons. The molecule has 30 heavy (non-hydrogen) atoms. The number of aromatic nitrogens is 1. The summed E-state index contributed by atoms with van der Waals surface area (Å²) in [5.74, 6) is -0.643. The second-order valence-electron chi connectivity index (χ2n) is 6.42. The molecule has 1 amide bonds. The van der Waals surface area contributed by atoms with Gasteiger partial charge in [-0.2, -0.15) is 13.2 Å². The molecule has 1 aliphatic heterocycles. The summed E-state index contributed by atoms with van der Waals surface area (Å²) in [6.07, 6.45) is 1.95. The molecule has 0 bridgehead atoms. The smallest absolute Gasteiger partial charge is 0.398 e. The van der Waals surface area contributed by atoms with Crippen LogP contribution in [0.2, 0.25) is 0 Å². The number of hydrogen-bond acceptors (Lipinski definition) is 7. The molecular weight excluding hydrogens is 403 g/mol. The lowest BCUT2D eigenvalue weighted by Crippen LogP contribution is -2.40. The summed E-state index contributed by atoms with van der Waals surface area (Å²) in [6, 6.07) is 0.843. The van der Waals surface area contributed by atoms with Gasteiger partial charge in [-0.3, -0.25) is 19.4 Å². The number of nitrogens with zero attached hydrogens (tertiary/aromatic N) is 2. The highest BCUT2D eigenvalue weighted by Gasteiger charge is 2.31. The number of nitrogens with two attached hydrogens (primary N) is 2. The Kier molecular flexibility index (Phi) is 7.34. The summed E-state index contributed by atoms with van der Waals surface area (Å²) in [5, 5.41) is 2.38. The van der Waals surface area contributed by atoms with Crippen LogP contribution in [0, 0.1) is 0 Å². The number of nitrogens with one attached hydrogen (secondary N) is 1. The van der Waals surface area contributed by atoms with Crippen molar-refractivity contribution >= 4 is 24.2 Å². The van der Waals surface area contributed by atoms with Gasteiger partial charge in [-0.05, 0) is 31.1 Å². The molecular formula is C19H20F3N5O3. The Labute approximate surface area is 170 Å². The van der Waals surface area contributed by atoms with Crippen LogP contribution >= 0.6 is 0 Å². The standard InChI is InChI=1S/C19H20F3N5O3/c20-19(21,22)14-6-13(7-25-8-14)15(23)3-4-17(24)26-18(30)9-27-5-1-2-12(10-28)16(27)11-29/h3-4,6-8,10-11H,1-2,5,9,23-24H2,(H,26,30)/b15-3-,17-4+. The third-order valence-corrected chi connectivity index (χ3v) is 4.26. The van der Waals surface area contributed by atoms with Crippen LogP contribution in [0.1, 0.15) is 24.0 Å². The average molecular weight is 423 g/mol. The minimum Gasteiger partial charge on any atom is -0.398 e. The SMILES string of the molecule is N/C(=C\C=C(/N)NC(=O)CN1CCCC(C=O)=C1C=O)c1cncc(C(F)(F)F)c1. The first-order valence-electron chi connectivity index (χ1n) is 8.79. The number of amides is 1. The van der Waals surface area contributed by atoms with Crippen LogP contribution in [0.15, 0.2) is 47.7 Å². The van der Waals surface area contributed by atoms with E-state index in [1.54, 1.807) is 0 Å². The van der Waals surface area contributed by atoms with Gasteiger partial charge in [0.15, 0.2) is 6.29 Å². The molecule has 0 saturated carbocycles. The molecule has 0 fully saturated rings. The van der Waals surface area contributed by atoms with Crippen molar-refractivity contribution in [1.29, 1.82) is 0 Å². The third kappa shape index (κ3) is 5.93. The number of allylic oxidation sites excluding steroid dienone is 4. The van der Waals surface area contributed by atoms with Gasteiger partial charge < -0.3 is 21.7 Å². The zero-order valence-corrected chi connectivity index (χ0v) is 15.8. The average Bonchev–Trinajstić information content (AvgIpc) is 2.71. The predicted molar refractivity (Wildman–Crippen MR) is 102 cm³/mol. The summed E-state index contributed by atoms with van der Waals surface area (Å²) in [7, 11) is 0. The van der Waals surface area contributed by atoms with Crippen LogP contribution in [0.25, 0.3) is 5.70 Å². The van der Waals surface area contributed by atoms with Crippen molar-refractivity contribution in [3.05, 3.63) is 58.8 Å². The van der Waals surface area contributed by atoms with Crippen molar-refractivity contribution in [3.8, 4) is 0 Å². The molecule has 0 saturated heterocycles. The fourth-order valence-electron chi connectivity index (χ4n) is 2.79. The van der Waals surface area contributed by atoms with E-state index in [0.29, 0.717) is 43.7 Å². The van der Waals surface area contributed by atoms with Crippen LogP contribution in [0.4, 0.5) is 13.2 Å². The second kappa shape index (κ2) is 9.72. The highest BCUT2D eigenvalue weighted by molar-refractivity contribution is 5.88. The normalized spacial score (nSPS) is 15.8. The molecule has 0 unspecified atom stereocenters. The lowest BCUT2D eigenvalue weighted by molar-refractivity contribution is -0.137. The number of pyridine rings is 1. The fraction of sp³-hybridized carbons (Fsp3) is 0.263. The molecule has 1 aromatic heterocycles. The number of rotatable bonds is 7. The quantitative estimate of drug-likeness (QED) is 0.441. The van der Waals surface area contributed by atoms with Crippen LogP contribution in [0.3, 0.4) is 0 Å². The first kappa shape index (κ1) is 22.7. The van der Waals surface area contributed by atoms with Crippen molar-refractivity contribution in [2.75, 3.05) is 13.1 Å². The summed E-state index contributed by atoms with van der Waals surface area (Å²) >= 11 is 0. The Balaban J connectivity index is 2.05. The number of aldehydes is 2. The van der Waals surface area contributed by atoms with E-state index >= 15 is 0 Å². The Bertz CT molecular complexity index is 922. The molecule has 0 aromatic carbocycles. The van der Waals surface area contributed by atoms with E-state index in [2.05, 4.69) is 10.3 Å². The van der Waals surface area contributed by atoms with Crippen LogP contribution in [-0.2, 0) is 20.6 Å². The van der Waals surface area contributed by atoms with Crippen LogP contribution in [-0.4, -0.2) is 41.5 Å². The van der Waals surface area contributed by atoms with Gasteiger partial charge in [-0.15, -0.1) is 0 Å². The summed E-state index contributed by atoms with van der Waals surface area (Å²) in [4.78, 5) is 39.4. The minimum atomic E-state index is -4.56. The Morgan fingerprint density at radius 2 is 1.93 bits per heavy atom. The van der Waals surface area contributed by atoms with Gasteiger partial charge in [-0.1, -0.05) is 0 Å². The maximum atomic E-state index is 12.8. The zero-order chi connectivity index (χ0) is 22.3. The largest absolute Gasteiger partial charge is 0.417 e. The molecule has 160 valence electrons. The molecule has 1 aromatic rings. The highest BCUT2D eigenvalue weighted by atomic mass is 19.4. The van der Waals surface area contributed by atoms with Crippen molar-refractivity contribution in [2.24, 2.45) is 11.5 Å². The third-order valence-electron chi connectivity index (χ3n) is 4.26. The lowest BCUT2D eigenvalue weighted by Gasteiger charge is -2.28. The first-order chi connectivity index (χ1) is 14.2. The van der Waals surface area contributed by atoms with E-state index in [9.17, 15) is 27.6 Å². The van der Waals surface area contributed by atoms with E-state index in [0.717, 1.165) is 12.3 Å². The monoisotopic (exact) mass is 423 g/mol. The maximum absolute atomic E-state index is 12.8. The highest BCUT2D eigenvalue weighted by Crippen LogP contribution is 2.29. The van der Waals surface area contributed by atoms with Gasteiger partial charge in [0.1, 0.15) is 12.1 Å². The summed E-state index contributed by atoms with van der Waals surface area (Å²) < 4.78 is 38.3. The second-order valence-corrected chi connectivity index (χ2v) is 6.42. The van der Waals surface area contributed by atoms with Gasteiger partial charge in [-0.25, -0.2) is 0 Å². The molecule has 11 heteroatoms. The molecule has 2 rings (SSSR count). The van der Waals surface area contributed by atoms with Crippen LogP contribution in [0.5, 0.6) is 0 Å². The van der Waals surface area contributed by atoms with Gasteiger partial charge >= 0.3 is 6.18 Å². The van der Waals surface area contributed by atoms with Gasteiger partial charge in [0.05, 0.1) is 17.8 Å². The van der Waals surface area contributed by atoms with Gasteiger partial charge in [0.2, 0.25) is 5.91 Å². The maximum Gasteiger partial charge on any atom is 0.417 e. The number of carbonyl (C=O) groups excluding carboxylic acids is 3. The van der Waals surface area contributed by atoms with E-state index < -0.39 is 17.6 Å². The van der Waals surface area contributed by atoms with E-state index in [1.807, 2.05) is 0 Å². The molecule has 0 spiro atoms. The Morgan fingerprint density at radius 1 is 1.20 bits per heavy atom. The zero-order valence-electron chi connectivity index (χ0n) is 15.8. The number of hydrogen-bond donors (Lipinski definition) is 3. The lowest BCUT2D eigenvalue weighted by atomic mass is 10.0. The number of carbonyl (C=O) groups is 3. The van der Waals surface area contributed by atoms with Crippen LogP contribution < -0.4 is 16.8 Å². The number of alkyl halides is 3. The molecule has 8 nitrogen and oxygen atoms in total. The molecule has 1 aliphatic rings. The van der Waals surface area contributed by atoms with E-state index in [4.69, 9.17) is 11.5 Å². The van der Waals surface area contributed by atoms with Crippen molar-refractivity contribution < 1.29 is 27.6 Å². The topological polar surface area (TPSA) is 131 Å². The summed E-state index contributed by atoms with van der Waals surface area (Å²) in [6.45, 7) is 0.231. The van der Waals surface area contributed by atoms with Crippen molar-refractivity contribution in [1.82, 2.24) is 15.2 Å². The van der Waals surface area contributed by atoms with Crippen molar-refractivity contribution in [3.63, 3.8) is 0 Å². The number of halogens is 3. The summed E-state index contributed by atoms with van der Waals surface area (Å²) in [5.41, 5.74) is 11.0. The predicted octanol–water partition coefficient (Wildman–Crippen LogP) is 1.06. The Morgan fingerprint density at radius 3 is 2.57 bits per heavy atom. The van der Waals surface area contributed by atoms with E-state index in [1.165, 1.54) is 17.1 Å². The van der Waals surface area contributed by atoms with E-state index in [-0.39, 0.29) is 29.3 Å². The molecule has 0 aliphatic carbocycles. The Hall–Kier alpha value is -3.63. The van der Waals surface area contributed by atoms with Gasteiger partial charge in [0.25, 0.3) is 0 Å². The van der Waals surface area contributed by atoms with Crippen molar-refractivity contribution in [2.45, 2.75) is 19.0 Å². The molecule has 2 heterocycles. The minimum absolute atomic E-state index is 0.0377. The molecule has 5 N–H and O–H groups in total.